The third kappa shape index (κ3) is 4.18. The molecule has 38 heavy (non-hydrogen) atoms. The highest BCUT2D eigenvalue weighted by molar-refractivity contribution is 6.20. The molecule has 3 aliphatic rings. The van der Waals surface area contributed by atoms with Crippen LogP contribution in [0, 0.1) is 17.2 Å². The molecule has 6 nitrogen and oxygen atoms in total. The molecule has 0 bridgehead atoms. The highest BCUT2D eigenvalue weighted by Gasteiger charge is 2.41. The van der Waals surface area contributed by atoms with E-state index in [0.29, 0.717) is 40.7 Å². The zero-order chi connectivity index (χ0) is 26.6. The predicted molar refractivity (Wildman–Crippen MR) is 148 cm³/mol. The van der Waals surface area contributed by atoms with Crippen molar-refractivity contribution in [1.82, 2.24) is 9.88 Å². The number of ketones is 1. The molecule has 3 aromatic rings. The van der Waals surface area contributed by atoms with Crippen LogP contribution in [0.15, 0.2) is 30.3 Å². The van der Waals surface area contributed by atoms with E-state index < -0.39 is 5.41 Å². The molecule has 1 saturated heterocycles. The van der Waals surface area contributed by atoms with E-state index in [-0.39, 0.29) is 11.9 Å². The number of nitriles is 1. The van der Waals surface area contributed by atoms with Gasteiger partial charge in [0.2, 0.25) is 0 Å². The lowest BCUT2D eigenvalue weighted by molar-refractivity contribution is 0.0700. The topological polar surface area (TPSA) is 78.3 Å². The molecule has 2 heterocycles. The average molecular weight is 512 g/mol. The van der Waals surface area contributed by atoms with Crippen molar-refractivity contribution in [2.75, 3.05) is 19.7 Å². The molecule has 1 aliphatic heterocycles. The Bertz CT molecular complexity index is 1430. The van der Waals surface area contributed by atoms with Gasteiger partial charge in [0.1, 0.15) is 0 Å². The molecule has 6 rings (SSSR count). The molecular formula is C32H37N3O3. The number of likely N-dealkylation sites (tertiary alicyclic amines) is 1. The van der Waals surface area contributed by atoms with Crippen LogP contribution in [0.2, 0.25) is 0 Å². The summed E-state index contributed by atoms with van der Waals surface area (Å²) < 4.78 is 12.7. The summed E-state index contributed by atoms with van der Waals surface area (Å²) in [4.78, 5) is 20.0. The van der Waals surface area contributed by atoms with Crippen molar-refractivity contribution in [1.29, 1.82) is 5.26 Å². The molecular weight excluding hydrogens is 474 g/mol. The second-order valence-electron chi connectivity index (χ2n) is 12.1. The minimum absolute atomic E-state index is 0.0196. The van der Waals surface area contributed by atoms with Gasteiger partial charge in [0.25, 0.3) is 0 Å². The van der Waals surface area contributed by atoms with Crippen molar-refractivity contribution < 1.29 is 14.3 Å². The number of piperidine rings is 1. The molecule has 0 unspecified atom stereocenters. The van der Waals surface area contributed by atoms with Gasteiger partial charge in [-0.05, 0) is 88.4 Å². The quantitative estimate of drug-likeness (QED) is 0.418. The van der Waals surface area contributed by atoms with Gasteiger partial charge in [0.05, 0.1) is 29.9 Å². The Morgan fingerprint density at radius 1 is 1.11 bits per heavy atom. The summed E-state index contributed by atoms with van der Waals surface area (Å²) in [6.45, 7) is 11.3. The lowest BCUT2D eigenvalue weighted by atomic mass is 9.71. The molecule has 198 valence electrons. The number of benzene rings is 2. The van der Waals surface area contributed by atoms with Crippen LogP contribution < -0.4 is 9.47 Å². The summed E-state index contributed by atoms with van der Waals surface area (Å²) in [6.07, 6.45) is 6.38. The SMILES string of the molecule is CC(C)Oc1cc2c(cc1OCC1CCN(C3CCC3)CC1)C(C)(C)c1[nH]c3cc(C#N)ccc3c1C2=O. The normalized spacial score (nSPS) is 19.6. The van der Waals surface area contributed by atoms with Gasteiger partial charge in [-0.1, -0.05) is 26.3 Å². The smallest absolute Gasteiger partial charge is 0.195 e. The second kappa shape index (κ2) is 9.47. The minimum atomic E-state index is -0.451. The molecule has 1 aromatic heterocycles. The number of nitrogens with zero attached hydrogens (tertiary/aromatic N) is 2. The number of fused-ring (bicyclic) bond motifs is 4. The molecule has 0 spiro atoms. The van der Waals surface area contributed by atoms with Crippen LogP contribution in [-0.2, 0) is 5.41 Å². The van der Waals surface area contributed by atoms with Gasteiger partial charge in [0.15, 0.2) is 17.3 Å². The number of rotatable bonds is 6. The van der Waals surface area contributed by atoms with E-state index in [9.17, 15) is 10.1 Å². The van der Waals surface area contributed by atoms with Crippen molar-refractivity contribution >= 4 is 16.7 Å². The molecule has 2 fully saturated rings. The third-order valence-corrected chi connectivity index (χ3v) is 8.86. The predicted octanol–water partition coefficient (Wildman–Crippen LogP) is 6.34. The van der Waals surface area contributed by atoms with Gasteiger partial charge in [-0.25, -0.2) is 0 Å². The van der Waals surface area contributed by atoms with Gasteiger partial charge in [-0.2, -0.15) is 5.26 Å². The fraction of sp³-hybridized carbons (Fsp3) is 0.500. The largest absolute Gasteiger partial charge is 0.489 e. The first kappa shape index (κ1) is 25.0. The summed E-state index contributed by atoms with van der Waals surface area (Å²) in [6, 6.07) is 12.4. The maximum Gasteiger partial charge on any atom is 0.195 e. The number of carbonyl (C=O) groups excluding carboxylic acids is 1. The monoisotopic (exact) mass is 511 g/mol. The lowest BCUT2D eigenvalue weighted by Gasteiger charge is -2.41. The Hall–Kier alpha value is -3.30. The van der Waals surface area contributed by atoms with Crippen LogP contribution in [0.4, 0.5) is 0 Å². The van der Waals surface area contributed by atoms with Gasteiger partial charge in [0, 0.05) is 33.6 Å². The summed E-state index contributed by atoms with van der Waals surface area (Å²) in [5, 5.41) is 10.2. The second-order valence-corrected chi connectivity index (χ2v) is 12.1. The molecule has 0 amide bonds. The lowest BCUT2D eigenvalue weighted by Crippen LogP contribution is -2.45. The number of hydrogen-bond donors (Lipinski definition) is 1. The number of carbonyl (C=O) groups is 1. The third-order valence-electron chi connectivity index (χ3n) is 8.86. The average Bonchev–Trinajstić information content (AvgIpc) is 3.26. The van der Waals surface area contributed by atoms with Crippen molar-refractivity contribution in [3.05, 3.63) is 58.3 Å². The highest BCUT2D eigenvalue weighted by atomic mass is 16.5. The summed E-state index contributed by atoms with van der Waals surface area (Å²) in [5.41, 5.74) is 4.09. The van der Waals surface area contributed by atoms with Crippen LogP contribution in [0.3, 0.4) is 0 Å². The molecule has 0 radical (unpaired) electrons. The molecule has 2 aliphatic carbocycles. The number of nitrogens with one attached hydrogen (secondary N) is 1. The van der Waals surface area contributed by atoms with E-state index in [1.807, 2.05) is 38.1 Å². The zero-order valence-electron chi connectivity index (χ0n) is 22.9. The number of aromatic nitrogens is 1. The Kier molecular flexibility index (Phi) is 6.23. The van der Waals surface area contributed by atoms with Gasteiger partial charge >= 0.3 is 0 Å². The molecule has 0 atom stereocenters. The van der Waals surface area contributed by atoms with Crippen LogP contribution in [0.1, 0.15) is 92.5 Å². The van der Waals surface area contributed by atoms with Crippen molar-refractivity contribution in [3.63, 3.8) is 0 Å². The van der Waals surface area contributed by atoms with Crippen LogP contribution in [-0.4, -0.2) is 47.5 Å². The Labute approximate surface area is 224 Å². The van der Waals surface area contributed by atoms with Crippen molar-refractivity contribution in [3.8, 4) is 17.6 Å². The van der Waals surface area contributed by atoms with E-state index in [2.05, 4.69) is 29.8 Å². The van der Waals surface area contributed by atoms with E-state index in [1.54, 1.807) is 6.07 Å². The number of hydrogen-bond acceptors (Lipinski definition) is 5. The van der Waals surface area contributed by atoms with Gasteiger partial charge < -0.3 is 19.4 Å². The van der Waals surface area contributed by atoms with Crippen LogP contribution in [0.5, 0.6) is 11.5 Å². The Morgan fingerprint density at radius 3 is 2.53 bits per heavy atom. The van der Waals surface area contributed by atoms with E-state index in [1.165, 1.54) is 19.3 Å². The maximum absolute atomic E-state index is 13.9. The fourth-order valence-electron chi connectivity index (χ4n) is 6.41. The highest BCUT2D eigenvalue weighted by Crippen LogP contribution is 2.47. The first-order chi connectivity index (χ1) is 18.3. The van der Waals surface area contributed by atoms with Crippen LogP contribution >= 0.6 is 0 Å². The molecule has 6 heteroatoms. The number of aromatic amines is 1. The Balaban J connectivity index is 1.32. The first-order valence-corrected chi connectivity index (χ1v) is 14.1. The zero-order valence-corrected chi connectivity index (χ0v) is 22.9. The summed E-state index contributed by atoms with van der Waals surface area (Å²) >= 11 is 0. The maximum atomic E-state index is 13.9. The molecule has 2 aromatic carbocycles. The standard InChI is InChI=1S/C32H37N3O3/c1-19(2)38-28-15-24-25(16-27(28)37-18-20-10-12-35(13-11-20)22-6-5-7-22)32(3,4)31-29(30(24)36)23-9-8-21(17-33)14-26(23)34-31/h8-9,14-16,19-20,22,34H,5-7,10-13,18H2,1-4H3. The van der Waals surface area contributed by atoms with Crippen molar-refractivity contribution in [2.45, 2.75) is 77.4 Å². The first-order valence-electron chi connectivity index (χ1n) is 14.1. The number of ether oxygens (including phenoxy) is 2. The van der Waals surface area contributed by atoms with Gasteiger partial charge in [-0.3, -0.25) is 4.79 Å². The van der Waals surface area contributed by atoms with Crippen molar-refractivity contribution in [2.24, 2.45) is 5.92 Å². The van der Waals surface area contributed by atoms with Gasteiger partial charge in [-0.15, -0.1) is 0 Å². The summed E-state index contributed by atoms with van der Waals surface area (Å²) in [7, 11) is 0. The minimum Gasteiger partial charge on any atom is -0.489 e. The van der Waals surface area contributed by atoms with Crippen LogP contribution in [0.25, 0.3) is 10.9 Å². The summed E-state index contributed by atoms with van der Waals surface area (Å²) in [5.74, 6) is 1.85. The van der Waals surface area contributed by atoms with E-state index >= 15 is 0 Å². The molecule has 1 N–H and O–H groups in total. The van der Waals surface area contributed by atoms with E-state index in [4.69, 9.17) is 9.47 Å². The fourth-order valence-corrected chi connectivity index (χ4v) is 6.41. The number of H-pyrrole nitrogens is 1. The van der Waals surface area contributed by atoms with E-state index in [0.717, 1.165) is 54.1 Å². The Morgan fingerprint density at radius 2 is 1.87 bits per heavy atom. The molecule has 1 saturated carbocycles.